The molecule has 2 rings (SSSR count). The molecule has 0 bridgehead atoms. The van der Waals surface area contributed by atoms with Crippen molar-refractivity contribution in [2.24, 2.45) is 11.3 Å². The standard InChI is InChI=1S/C12H20N2O3S/c1-18(15,16)14-5-2-3-11(8-14)7-12(9-13)4-6-17-10-12/h11H,2-8,10H2,1H3. The molecule has 0 aromatic carbocycles. The van der Waals surface area contributed by atoms with Crippen LogP contribution >= 0.6 is 0 Å². The fourth-order valence-corrected chi connectivity index (χ4v) is 3.89. The van der Waals surface area contributed by atoms with Crippen molar-refractivity contribution in [3.63, 3.8) is 0 Å². The van der Waals surface area contributed by atoms with Crippen LogP contribution in [0.25, 0.3) is 0 Å². The molecule has 0 amide bonds. The number of ether oxygens (including phenoxy) is 1. The summed E-state index contributed by atoms with van der Waals surface area (Å²) in [6.07, 6.45) is 4.69. The Kier molecular flexibility index (Phi) is 3.95. The number of hydrogen-bond donors (Lipinski definition) is 0. The summed E-state index contributed by atoms with van der Waals surface area (Å²) in [7, 11) is -3.10. The number of rotatable bonds is 3. The molecule has 0 spiro atoms. The molecule has 0 aliphatic carbocycles. The van der Waals surface area contributed by atoms with Gasteiger partial charge in [-0.15, -0.1) is 0 Å². The zero-order valence-electron chi connectivity index (χ0n) is 10.8. The van der Waals surface area contributed by atoms with Gasteiger partial charge in [0.1, 0.15) is 0 Å². The first-order valence-corrected chi connectivity index (χ1v) is 8.24. The Morgan fingerprint density at radius 2 is 2.33 bits per heavy atom. The molecule has 2 saturated heterocycles. The molecule has 2 aliphatic heterocycles. The third-order valence-electron chi connectivity index (χ3n) is 3.97. The van der Waals surface area contributed by atoms with Gasteiger partial charge in [0.15, 0.2) is 0 Å². The van der Waals surface area contributed by atoms with E-state index >= 15 is 0 Å². The van der Waals surface area contributed by atoms with Crippen molar-refractivity contribution in [1.29, 1.82) is 5.26 Å². The van der Waals surface area contributed by atoms with Gasteiger partial charge in [0.25, 0.3) is 0 Å². The average Bonchev–Trinajstić information content (AvgIpc) is 2.77. The van der Waals surface area contributed by atoms with Gasteiger partial charge in [-0.2, -0.15) is 5.26 Å². The Hall–Kier alpha value is -0.640. The second kappa shape index (κ2) is 5.16. The summed E-state index contributed by atoms with van der Waals surface area (Å²) in [4.78, 5) is 0. The van der Waals surface area contributed by atoms with Crippen LogP contribution in [0.1, 0.15) is 25.7 Å². The molecule has 0 aromatic rings. The van der Waals surface area contributed by atoms with Crippen molar-refractivity contribution < 1.29 is 13.2 Å². The minimum absolute atomic E-state index is 0.287. The van der Waals surface area contributed by atoms with Gasteiger partial charge in [0.05, 0.1) is 24.3 Å². The Labute approximate surface area is 109 Å². The monoisotopic (exact) mass is 272 g/mol. The second-order valence-corrected chi connectivity index (χ2v) is 7.51. The Balaban J connectivity index is 2.00. The molecular weight excluding hydrogens is 252 g/mol. The maximum atomic E-state index is 11.6. The molecule has 0 saturated carbocycles. The molecule has 5 nitrogen and oxygen atoms in total. The highest BCUT2D eigenvalue weighted by Gasteiger charge is 2.39. The minimum Gasteiger partial charge on any atom is -0.380 e. The maximum absolute atomic E-state index is 11.6. The molecule has 2 heterocycles. The molecule has 0 N–H and O–H groups in total. The lowest BCUT2D eigenvalue weighted by atomic mass is 9.77. The predicted molar refractivity (Wildman–Crippen MR) is 67.2 cm³/mol. The van der Waals surface area contributed by atoms with Gasteiger partial charge in [-0.1, -0.05) is 0 Å². The summed E-state index contributed by atoms with van der Waals surface area (Å²) in [5, 5.41) is 9.31. The fourth-order valence-electron chi connectivity index (χ4n) is 2.95. The lowest BCUT2D eigenvalue weighted by Crippen LogP contribution is -2.41. The number of nitriles is 1. The van der Waals surface area contributed by atoms with E-state index in [2.05, 4.69) is 6.07 Å². The number of piperidine rings is 1. The van der Waals surface area contributed by atoms with Crippen molar-refractivity contribution >= 4 is 10.0 Å². The highest BCUT2D eigenvalue weighted by atomic mass is 32.2. The zero-order valence-corrected chi connectivity index (χ0v) is 11.6. The van der Waals surface area contributed by atoms with E-state index in [-0.39, 0.29) is 11.3 Å². The summed E-state index contributed by atoms with van der Waals surface area (Å²) < 4.78 is 30.0. The van der Waals surface area contributed by atoms with E-state index in [1.165, 1.54) is 6.26 Å². The van der Waals surface area contributed by atoms with Crippen molar-refractivity contribution in [3.8, 4) is 6.07 Å². The SMILES string of the molecule is CS(=O)(=O)N1CCCC(CC2(C#N)CCOC2)C1. The van der Waals surface area contributed by atoms with Gasteiger partial charge in [-0.05, 0) is 31.6 Å². The summed E-state index contributed by atoms with van der Waals surface area (Å²) >= 11 is 0. The molecule has 2 fully saturated rings. The minimum atomic E-state index is -3.10. The normalized spacial score (nSPS) is 34.3. The molecule has 2 atom stereocenters. The zero-order chi connectivity index (χ0) is 13.2. The molecule has 18 heavy (non-hydrogen) atoms. The Morgan fingerprint density at radius 3 is 2.89 bits per heavy atom. The van der Waals surface area contributed by atoms with Crippen LogP contribution in [0, 0.1) is 22.7 Å². The van der Waals surface area contributed by atoms with Crippen molar-refractivity contribution in [2.75, 3.05) is 32.6 Å². The van der Waals surface area contributed by atoms with Crippen LogP contribution in [0.2, 0.25) is 0 Å². The molecule has 2 unspecified atom stereocenters. The first-order chi connectivity index (χ1) is 8.45. The van der Waals surface area contributed by atoms with E-state index in [0.29, 0.717) is 26.3 Å². The lowest BCUT2D eigenvalue weighted by molar-refractivity contribution is 0.147. The quantitative estimate of drug-likeness (QED) is 0.768. The highest BCUT2D eigenvalue weighted by Crippen LogP contribution is 2.37. The first kappa shape index (κ1) is 13.8. The van der Waals surface area contributed by atoms with E-state index in [0.717, 1.165) is 25.7 Å². The van der Waals surface area contributed by atoms with Crippen LogP contribution in [-0.2, 0) is 14.8 Å². The summed E-state index contributed by atoms with van der Waals surface area (Å²) in [5.74, 6) is 0.287. The Bertz CT molecular complexity index is 435. The van der Waals surface area contributed by atoms with Crippen LogP contribution in [0.3, 0.4) is 0 Å². The smallest absolute Gasteiger partial charge is 0.211 e. The van der Waals surface area contributed by atoms with E-state index in [9.17, 15) is 13.7 Å². The van der Waals surface area contributed by atoms with Gasteiger partial charge >= 0.3 is 0 Å². The van der Waals surface area contributed by atoms with Crippen LogP contribution in [0.15, 0.2) is 0 Å². The van der Waals surface area contributed by atoms with Gasteiger partial charge in [0, 0.05) is 19.7 Å². The number of hydrogen-bond acceptors (Lipinski definition) is 4. The van der Waals surface area contributed by atoms with E-state index in [1.807, 2.05) is 0 Å². The lowest BCUT2D eigenvalue weighted by Gasteiger charge is -2.34. The summed E-state index contributed by atoms with van der Waals surface area (Å²) in [5.41, 5.74) is -0.384. The molecule has 0 radical (unpaired) electrons. The van der Waals surface area contributed by atoms with Crippen LogP contribution in [-0.4, -0.2) is 45.3 Å². The van der Waals surface area contributed by atoms with Crippen LogP contribution in [0.5, 0.6) is 0 Å². The largest absolute Gasteiger partial charge is 0.380 e. The summed E-state index contributed by atoms with van der Waals surface area (Å²) in [6.45, 7) is 2.32. The fraction of sp³-hybridized carbons (Fsp3) is 0.917. The molecule has 102 valence electrons. The van der Waals surface area contributed by atoms with Gasteiger partial charge < -0.3 is 4.74 Å². The molecule has 6 heteroatoms. The van der Waals surface area contributed by atoms with Gasteiger partial charge in [-0.3, -0.25) is 0 Å². The molecule has 2 aliphatic rings. The molecular formula is C12H20N2O3S. The summed E-state index contributed by atoms with van der Waals surface area (Å²) in [6, 6.07) is 2.39. The van der Waals surface area contributed by atoms with Crippen molar-refractivity contribution in [1.82, 2.24) is 4.31 Å². The van der Waals surface area contributed by atoms with Crippen LogP contribution < -0.4 is 0 Å². The third-order valence-corrected chi connectivity index (χ3v) is 5.24. The van der Waals surface area contributed by atoms with E-state index < -0.39 is 10.0 Å². The van der Waals surface area contributed by atoms with E-state index in [4.69, 9.17) is 4.74 Å². The first-order valence-electron chi connectivity index (χ1n) is 6.39. The predicted octanol–water partition coefficient (Wildman–Crippen LogP) is 0.978. The van der Waals surface area contributed by atoms with Gasteiger partial charge in [-0.25, -0.2) is 12.7 Å². The number of nitrogens with zero attached hydrogens (tertiary/aromatic N) is 2. The van der Waals surface area contributed by atoms with E-state index in [1.54, 1.807) is 4.31 Å². The topological polar surface area (TPSA) is 70.4 Å². The second-order valence-electron chi connectivity index (χ2n) is 5.53. The third kappa shape index (κ3) is 3.02. The highest BCUT2D eigenvalue weighted by molar-refractivity contribution is 7.88. The van der Waals surface area contributed by atoms with Crippen molar-refractivity contribution in [3.05, 3.63) is 0 Å². The number of sulfonamides is 1. The maximum Gasteiger partial charge on any atom is 0.211 e. The molecule has 0 aromatic heterocycles. The Morgan fingerprint density at radius 1 is 1.56 bits per heavy atom. The van der Waals surface area contributed by atoms with Crippen molar-refractivity contribution in [2.45, 2.75) is 25.7 Å². The van der Waals surface area contributed by atoms with Crippen LogP contribution in [0.4, 0.5) is 0 Å². The van der Waals surface area contributed by atoms with Gasteiger partial charge in [0.2, 0.25) is 10.0 Å². The average molecular weight is 272 g/mol.